The van der Waals surface area contributed by atoms with E-state index >= 15 is 4.39 Å². The predicted molar refractivity (Wildman–Crippen MR) is 162 cm³/mol. The number of aromatic nitrogens is 3. The third kappa shape index (κ3) is 5.68. The van der Waals surface area contributed by atoms with Crippen molar-refractivity contribution >= 4 is 49.7 Å². The topological polar surface area (TPSA) is 105 Å². The van der Waals surface area contributed by atoms with Crippen LogP contribution in [0.1, 0.15) is 50.4 Å². The average Bonchev–Trinajstić information content (AvgIpc) is 3.66. The van der Waals surface area contributed by atoms with Crippen LogP contribution in [0.5, 0.6) is 0 Å². The van der Waals surface area contributed by atoms with Crippen LogP contribution in [-0.2, 0) is 21.6 Å². The van der Waals surface area contributed by atoms with Gasteiger partial charge in [-0.25, -0.2) is 14.4 Å². The first kappa shape index (κ1) is 28.8. The van der Waals surface area contributed by atoms with Crippen LogP contribution in [-0.4, -0.2) is 65.2 Å². The molecular weight excluding hydrogens is 605 g/mol. The molecule has 6 rings (SSSR count). The fourth-order valence-electron chi connectivity index (χ4n) is 6.12. The van der Waals surface area contributed by atoms with Gasteiger partial charge in [0.05, 0.1) is 5.56 Å². The first-order chi connectivity index (χ1) is 20.3. The van der Waals surface area contributed by atoms with Crippen LogP contribution in [0.25, 0.3) is 22.1 Å². The molecule has 2 atom stereocenters. The van der Waals surface area contributed by atoms with Gasteiger partial charge in [0.1, 0.15) is 29.2 Å². The van der Waals surface area contributed by atoms with E-state index in [1.165, 1.54) is 12.3 Å². The van der Waals surface area contributed by atoms with Crippen molar-refractivity contribution in [1.82, 2.24) is 19.9 Å². The summed E-state index contributed by atoms with van der Waals surface area (Å²) in [7, 11) is 0. The van der Waals surface area contributed by atoms with Gasteiger partial charge in [0, 0.05) is 67.6 Å². The lowest BCUT2D eigenvalue weighted by Gasteiger charge is -2.41. The molecule has 2 aliphatic heterocycles. The molecule has 1 N–H and O–H groups in total. The molecule has 11 heteroatoms. The molecule has 5 heterocycles. The molecule has 1 amide bonds. The second-order valence-corrected chi connectivity index (χ2v) is 12.3. The second-order valence-electron chi connectivity index (χ2n) is 11.4. The van der Waals surface area contributed by atoms with Crippen LogP contribution >= 0.6 is 15.9 Å². The van der Waals surface area contributed by atoms with Gasteiger partial charge in [0.15, 0.2) is 11.4 Å². The first-order valence-corrected chi connectivity index (χ1v) is 15.5. The number of aromatic amines is 1. The number of alkyl halides is 1. The van der Waals surface area contributed by atoms with Gasteiger partial charge in [-0.2, -0.15) is 0 Å². The minimum Gasteiger partial charge on any atom is -0.450 e. The molecule has 0 spiro atoms. The van der Waals surface area contributed by atoms with Crippen molar-refractivity contribution in [3.8, 4) is 0 Å². The number of para-hydroxylation sites is 1. The summed E-state index contributed by atoms with van der Waals surface area (Å²) in [5.41, 5.74) is 0.300. The van der Waals surface area contributed by atoms with Crippen LogP contribution in [0.15, 0.2) is 50.2 Å². The van der Waals surface area contributed by atoms with Crippen molar-refractivity contribution in [1.29, 1.82) is 0 Å². The zero-order valence-electron chi connectivity index (χ0n) is 23.7. The van der Waals surface area contributed by atoms with E-state index in [-0.39, 0.29) is 37.6 Å². The Morgan fingerprint density at radius 1 is 1.21 bits per heavy atom. The number of nitrogens with one attached hydrogen (secondary N) is 1. The minimum absolute atomic E-state index is 0.0496. The Morgan fingerprint density at radius 3 is 2.83 bits per heavy atom. The minimum atomic E-state index is -1.79. The van der Waals surface area contributed by atoms with Gasteiger partial charge in [0.2, 0.25) is 5.91 Å². The van der Waals surface area contributed by atoms with Crippen LogP contribution in [0, 0.1) is 5.92 Å². The number of ether oxygens (including phenoxy) is 1. The molecule has 2 aliphatic rings. The largest absolute Gasteiger partial charge is 0.450 e. The van der Waals surface area contributed by atoms with Gasteiger partial charge in [0.25, 0.3) is 5.56 Å². The number of unbranched alkanes of at least 4 members (excludes halogenated alkanes) is 1. The number of pyridine rings is 1. The monoisotopic (exact) mass is 639 g/mol. The Balaban J connectivity index is 1.01. The van der Waals surface area contributed by atoms with E-state index in [4.69, 9.17) is 19.1 Å². The van der Waals surface area contributed by atoms with Crippen LogP contribution < -0.4 is 10.5 Å². The van der Waals surface area contributed by atoms with Gasteiger partial charge in [-0.1, -0.05) is 19.1 Å². The van der Waals surface area contributed by atoms with Crippen molar-refractivity contribution in [3.05, 3.63) is 62.7 Å². The van der Waals surface area contributed by atoms with E-state index in [2.05, 4.69) is 25.8 Å². The molecule has 3 aromatic heterocycles. The number of anilines is 1. The van der Waals surface area contributed by atoms with Crippen molar-refractivity contribution in [3.63, 3.8) is 0 Å². The first-order valence-electron chi connectivity index (χ1n) is 14.7. The maximum Gasteiger partial charge on any atom is 0.254 e. The summed E-state index contributed by atoms with van der Waals surface area (Å²) in [6, 6.07) is 9.49. The number of furan rings is 1. The highest BCUT2D eigenvalue weighted by molar-refractivity contribution is 9.10. The summed E-state index contributed by atoms with van der Waals surface area (Å²) < 4.78 is 28.4. The van der Waals surface area contributed by atoms with Gasteiger partial charge in [-0.15, -0.1) is 0 Å². The molecule has 2 saturated heterocycles. The normalized spacial score (nSPS) is 21.1. The molecular formula is C31H35BrFN5O4. The quantitative estimate of drug-likeness (QED) is 0.241. The molecule has 2 fully saturated rings. The number of nitrogens with zero attached hydrogens (tertiary/aromatic N) is 4. The molecule has 0 bridgehead atoms. The van der Waals surface area contributed by atoms with Gasteiger partial charge in [-0.3, -0.25) is 9.59 Å². The number of benzene rings is 1. The fraction of sp³-hybridized carbons (Fsp3) is 0.484. The average molecular weight is 641 g/mol. The lowest BCUT2D eigenvalue weighted by atomic mass is 9.79. The number of carbonyl (C=O) groups is 1. The summed E-state index contributed by atoms with van der Waals surface area (Å²) in [5.74, 6) is 0.972. The van der Waals surface area contributed by atoms with E-state index in [1.54, 1.807) is 11.8 Å². The van der Waals surface area contributed by atoms with Gasteiger partial charge >= 0.3 is 0 Å². The molecule has 4 aromatic rings. The van der Waals surface area contributed by atoms with Gasteiger partial charge < -0.3 is 23.9 Å². The predicted octanol–water partition coefficient (Wildman–Crippen LogP) is 5.50. The number of hydrogen-bond acceptors (Lipinski definition) is 7. The molecule has 2 unspecified atom stereocenters. The maximum absolute atomic E-state index is 15.9. The lowest BCUT2D eigenvalue weighted by molar-refractivity contribution is -0.141. The highest BCUT2D eigenvalue weighted by Gasteiger charge is 2.45. The van der Waals surface area contributed by atoms with Crippen molar-refractivity contribution in [2.75, 3.05) is 44.3 Å². The highest BCUT2D eigenvalue weighted by Crippen LogP contribution is 2.40. The molecule has 0 radical (unpaired) electrons. The Labute approximate surface area is 251 Å². The Hall–Kier alpha value is -3.31. The van der Waals surface area contributed by atoms with E-state index in [0.29, 0.717) is 17.5 Å². The smallest absolute Gasteiger partial charge is 0.254 e. The standard InChI is InChI=1S/C31H35BrFN5O4/c1-20-18-38(14-11-31(20,33)23-16-21(32)17-34-30(23)40)26(39)19-41-15-7-4-10-25-35-27-22-8-2-3-9-24(22)42-28(27)29(36-25)37-12-5-6-13-37/h2-3,8-9,16-17,20H,4-7,10-15,18-19H2,1H3,(H,34,40). The Kier molecular flexibility index (Phi) is 8.31. The molecule has 0 aliphatic carbocycles. The Bertz CT molecular complexity index is 1650. The third-order valence-corrected chi connectivity index (χ3v) is 8.97. The molecule has 222 valence electrons. The van der Waals surface area contributed by atoms with E-state index in [0.717, 1.165) is 72.5 Å². The number of H-pyrrole nitrogens is 1. The molecule has 9 nitrogen and oxygen atoms in total. The third-order valence-electron chi connectivity index (χ3n) is 8.51. The number of aryl methyl sites for hydroxylation is 1. The fourth-order valence-corrected chi connectivity index (χ4v) is 6.46. The van der Waals surface area contributed by atoms with Crippen molar-refractivity contribution in [2.45, 2.75) is 51.1 Å². The number of rotatable bonds is 9. The summed E-state index contributed by atoms with van der Waals surface area (Å²) in [6.45, 7) is 4.52. The number of halogens is 2. The molecule has 1 aromatic carbocycles. The highest BCUT2D eigenvalue weighted by atomic mass is 79.9. The maximum atomic E-state index is 15.9. The number of hydrogen-bond donors (Lipinski definition) is 1. The van der Waals surface area contributed by atoms with Crippen LogP contribution in [0.4, 0.5) is 10.2 Å². The van der Waals surface area contributed by atoms with E-state index < -0.39 is 17.1 Å². The van der Waals surface area contributed by atoms with Crippen molar-refractivity contribution in [2.24, 2.45) is 5.92 Å². The Morgan fingerprint density at radius 2 is 2.02 bits per heavy atom. The number of amides is 1. The lowest BCUT2D eigenvalue weighted by Crippen LogP contribution is -2.51. The van der Waals surface area contributed by atoms with E-state index in [9.17, 15) is 9.59 Å². The van der Waals surface area contributed by atoms with Gasteiger partial charge in [-0.05, 0) is 59.8 Å². The number of carbonyl (C=O) groups excluding carboxylic acids is 1. The zero-order valence-corrected chi connectivity index (χ0v) is 25.3. The molecule has 42 heavy (non-hydrogen) atoms. The summed E-state index contributed by atoms with van der Waals surface area (Å²) >= 11 is 3.30. The summed E-state index contributed by atoms with van der Waals surface area (Å²) in [6.07, 6.45) is 6.13. The number of piperidine rings is 1. The van der Waals surface area contributed by atoms with Crippen LogP contribution in [0.3, 0.4) is 0 Å². The zero-order chi connectivity index (χ0) is 29.3. The number of likely N-dealkylation sites (tertiary alicyclic amines) is 1. The van der Waals surface area contributed by atoms with E-state index in [1.807, 2.05) is 24.3 Å². The van der Waals surface area contributed by atoms with Crippen molar-refractivity contribution < 1.29 is 18.3 Å². The van der Waals surface area contributed by atoms with Crippen LogP contribution in [0.2, 0.25) is 0 Å². The summed E-state index contributed by atoms with van der Waals surface area (Å²) in [4.78, 5) is 41.4. The number of fused-ring (bicyclic) bond motifs is 3. The molecule has 0 saturated carbocycles. The summed E-state index contributed by atoms with van der Waals surface area (Å²) in [5, 5.41) is 0.999. The second kappa shape index (κ2) is 12.1. The SMILES string of the molecule is CC1CN(C(=O)COCCCCc2nc(N3CCCC3)c3oc4ccccc4c3n2)CCC1(F)c1cc(Br)c[nH]c1=O.